The van der Waals surface area contributed by atoms with Gasteiger partial charge in [0.2, 0.25) is 0 Å². The zero-order chi connectivity index (χ0) is 11.5. The highest BCUT2D eigenvalue weighted by molar-refractivity contribution is 5.57. The van der Waals surface area contributed by atoms with Crippen LogP contribution >= 0.6 is 0 Å². The molecule has 0 radical (unpaired) electrons. The third-order valence-corrected chi connectivity index (χ3v) is 2.95. The molecule has 0 aromatic heterocycles. The molecule has 0 saturated heterocycles. The lowest BCUT2D eigenvalue weighted by atomic mass is 9.79. The summed E-state index contributed by atoms with van der Waals surface area (Å²) in [7, 11) is 0. The van der Waals surface area contributed by atoms with Gasteiger partial charge in [0.25, 0.3) is 0 Å². The number of hydrogen-bond donors (Lipinski definition) is 2. The van der Waals surface area contributed by atoms with Crippen LogP contribution < -0.4 is 5.73 Å². The lowest BCUT2D eigenvalue weighted by Crippen LogP contribution is -2.17. The van der Waals surface area contributed by atoms with Crippen molar-refractivity contribution in [1.29, 1.82) is 0 Å². The average molecular weight is 207 g/mol. The number of nitrogens with two attached hydrogens (primary N) is 1. The number of rotatable bonds is 4. The summed E-state index contributed by atoms with van der Waals surface area (Å²) in [4.78, 5) is 0. The molecule has 0 amide bonds. The maximum atomic E-state index is 9.91. The number of nitrogen functional groups attached to an aromatic ring is 1. The molecule has 2 nitrogen and oxygen atoms in total. The molecule has 84 valence electrons. The summed E-state index contributed by atoms with van der Waals surface area (Å²) in [6, 6.07) is 5.59. The molecular formula is C13H21NO. The lowest BCUT2D eigenvalue weighted by Gasteiger charge is -2.26. The molecule has 0 atom stereocenters. The van der Waals surface area contributed by atoms with E-state index in [0.29, 0.717) is 5.69 Å². The van der Waals surface area contributed by atoms with Crippen LogP contribution in [0, 0.1) is 0 Å². The van der Waals surface area contributed by atoms with Crippen LogP contribution in [0.1, 0.15) is 45.6 Å². The quantitative estimate of drug-likeness (QED) is 0.587. The molecule has 0 aliphatic heterocycles. The number of para-hydroxylation sites is 1. The third kappa shape index (κ3) is 2.65. The van der Waals surface area contributed by atoms with Gasteiger partial charge in [-0.05, 0) is 17.9 Å². The summed E-state index contributed by atoms with van der Waals surface area (Å²) < 4.78 is 0. The maximum Gasteiger partial charge on any atom is 0.142 e. The van der Waals surface area contributed by atoms with Crippen LogP contribution in [-0.2, 0) is 5.41 Å². The number of hydrogen-bond acceptors (Lipinski definition) is 2. The molecule has 15 heavy (non-hydrogen) atoms. The fraction of sp³-hybridized carbons (Fsp3) is 0.538. The van der Waals surface area contributed by atoms with Crippen molar-refractivity contribution in [3.8, 4) is 5.75 Å². The van der Waals surface area contributed by atoms with E-state index in [1.807, 2.05) is 12.1 Å². The normalized spacial score (nSPS) is 11.7. The zero-order valence-electron chi connectivity index (χ0n) is 9.88. The molecule has 0 saturated carbocycles. The number of aromatic hydroxyl groups is 1. The fourth-order valence-electron chi connectivity index (χ4n) is 1.86. The van der Waals surface area contributed by atoms with Crippen LogP contribution in [-0.4, -0.2) is 5.11 Å². The van der Waals surface area contributed by atoms with Crippen LogP contribution in [0.2, 0.25) is 0 Å². The van der Waals surface area contributed by atoms with Crippen LogP contribution in [0.15, 0.2) is 18.2 Å². The Balaban J connectivity index is 2.98. The summed E-state index contributed by atoms with van der Waals surface area (Å²) in [6.07, 6.45) is 3.41. The minimum Gasteiger partial charge on any atom is -0.505 e. The number of phenolic OH excluding ortho intramolecular Hbond substituents is 1. The second kappa shape index (κ2) is 4.56. The second-order valence-electron chi connectivity index (χ2n) is 4.73. The van der Waals surface area contributed by atoms with Crippen LogP contribution in [0.4, 0.5) is 5.69 Å². The summed E-state index contributed by atoms with van der Waals surface area (Å²) in [6.45, 7) is 6.48. The van der Waals surface area contributed by atoms with Crippen molar-refractivity contribution in [2.24, 2.45) is 0 Å². The van der Waals surface area contributed by atoms with E-state index < -0.39 is 0 Å². The van der Waals surface area contributed by atoms with Gasteiger partial charge < -0.3 is 10.8 Å². The van der Waals surface area contributed by atoms with Gasteiger partial charge in [-0.3, -0.25) is 0 Å². The maximum absolute atomic E-state index is 9.91. The molecule has 0 heterocycles. The summed E-state index contributed by atoms with van der Waals surface area (Å²) in [5.41, 5.74) is 7.12. The summed E-state index contributed by atoms with van der Waals surface area (Å²) >= 11 is 0. The number of benzene rings is 1. The van der Waals surface area contributed by atoms with E-state index in [1.54, 1.807) is 6.07 Å². The van der Waals surface area contributed by atoms with E-state index in [0.717, 1.165) is 12.0 Å². The Morgan fingerprint density at radius 2 is 2.00 bits per heavy atom. The fourth-order valence-corrected chi connectivity index (χ4v) is 1.86. The Labute approximate surface area is 92.1 Å². The van der Waals surface area contributed by atoms with Gasteiger partial charge in [0.05, 0.1) is 5.69 Å². The van der Waals surface area contributed by atoms with Crippen molar-refractivity contribution in [2.45, 2.75) is 45.4 Å². The second-order valence-corrected chi connectivity index (χ2v) is 4.73. The van der Waals surface area contributed by atoms with Crippen molar-refractivity contribution in [1.82, 2.24) is 0 Å². The van der Waals surface area contributed by atoms with Crippen molar-refractivity contribution < 1.29 is 5.11 Å². The first-order valence-electron chi connectivity index (χ1n) is 5.57. The van der Waals surface area contributed by atoms with E-state index in [2.05, 4.69) is 20.8 Å². The molecule has 0 unspecified atom stereocenters. The molecule has 0 aliphatic carbocycles. The van der Waals surface area contributed by atoms with E-state index >= 15 is 0 Å². The van der Waals surface area contributed by atoms with E-state index in [-0.39, 0.29) is 11.2 Å². The molecule has 0 bridgehead atoms. The Kier molecular flexibility index (Phi) is 3.61. The molecule has 0 fully saturated rings. The van der Waals surface area contributed by atoms with E-state index in [9.17, 15) is 5.11 Å². The standard InChI is InChI=1S/C13H21NO/c1-4-5-9-13(2,3)10-7-6-8-11(14)12(10)15/h6-8,15H,4-5,9,14H2,1-3H3. The van der Waals surface area contributed by atoms with Gasteiger partial charge in [-0.2, -0.15) is 0 Å². The molecule has 0 spiro atoms. The highest BCUT2D eigenvalue weighted by Crippen LogP contribution is 2.37. The van der Waals surface area contributed by atoms with Crippen LogP contribution in [0.3, 0.4) is 0 Å². The average Bonchev–Trinajstić information content (AvgIpc) is 2.19. The molecule has 1 aromatic rings. The van der Waals surface area contributed by atoms with Crippen LogP contribution in [0.25, 0.3) is 0 Å². The largest absolute Gasteiger partial charge is 0.505 e. The third-order valence-electron chi connectivity index (χ3n) is 2.95. The van der Waals surface area contributed by atoms with Crippen molar-refractivity contribution in [2.75, 3.05) is 5.73 Å². The van der Waals surface area contributed by atoms with Gasteiger partial charge in [0, 0.05) is 5.56 Å². The minimum absolute atomic E-state index is 0.00449. The predicted molar refractivity (Wildman–Crippen MR) is 65.1 cm³/mol. The van der Waals surface area contributed by atoms with Crippen molar-refractivity contribution in [3.05, 3.63) is 23.8 Å². The van der Waals surface area contributed by atoms with Crippen LogP contribution in [0.5, 0.6) is 5.75 Å². The Bertz CT molecular complexity index is 331. The molecule has 3 N–H and O–H groups in total. The van der Waals surface area contributed by atoms with Gasteiger partial charge in [-0.1, -0.05) is 45.7 Å². The Hall–Kier alpha value is -1.18. The van der Waals surface area contributed by atoms with Gasteiger partial charge in [-0.25, -0.2) is 0 Å². The molecule has 1 aromatic carbocycles. The van der Waals surface area contributed by atoms with Gasteiger partial charge >= 0.3 is 0 Å². The smallest absolute Gasteiger partial charge is 0.142 e. The van der Waals surface area contributed by atoms with E-state index in [4.69, 9.17) is 5.73 Å². The first kappa shape index (κ1) is 11.9. The highest BCUT2D eigenvalue weighted by atomic mass is 16.3. The lowest BCUT2D eigenvalue weighted by molar-refractivity contribution is 0.413. The van der Waals surface area contributed by atoms with Crippen molar-refractivity contribution >= 4 is 5.69 Å². The first-order valence-corrected chi connectivity index (χ1v) is 5.57. The van der Waals surface area contributed by atoms with Crippen molar-refractivity contribution in [3.63, 3.8) is 0 Å². The zero-order valence-corrected chi connectivity index (χ0v) is 9.88. The molecular weight excluding hydrogens is 186 g/mol. The topological polar surface area (TPSA) is 46.2 Å². The predicted octanol–water partition coefficient (Wildman–Crippen LogP) is 3.44. The highest BCUT2D eigenvalue weighted by Gasteiger charge is 2.23. The number of unbranched alkanes of at least 4 members (excludes halogenated alkanes) is 1. The number of phenols is 1. The SMILES string of the molecule is CCCCC(C)(C)c1cccc(N)c1O. The molecule has 2 heteroatoms. The first-order chi connectivity index (χ1) is 6.99. The number of anilines is 1. The Morgan fingerprint density at radius 3 is 2.60 bits per heavy atom. The summed E-state index contributed by atoms with van der Waals surface area (Å²) in [5.74, 6) is 0.249. The Morgan fingerprint density at radius 1 is 1.33 bits per heavy atom. The molecule has 1 rings (SSSR count). The minimum atomic E-state index is -0.00449. The van der Waals surface area contributed by atoms with E-state index in [1.165, 1.54) is 12.8 Å². The summed E-state index contributed by atoms with van der Waals surface area (Å²) in [5, 5.41) is 9.91. The van der Waals surface area contributed by atoms with Gasteiger partial charge in [0.1, 0.15) is 5.75 Å². The monoisotopic (exact) mass is 207 g/mol. The van der Waals surface area contributed by atoms with Gasteiger partial charge in [-0.15, -0.1) is 0 Å². The van der Waals surface area contributed by atoms with Gasteiger partial charge in [0.15, 0.2) is 0 Å². The molecule has 0 aliphatic rings.